The first kappa shape index (κ1) is 15.1. The van der Waals surface area contributed by atoms with E-state index in [0.29, 0.717) is 6.42 Å². The number of nitrogens with zero attached hydrogens (tertiary/aromatic N) is 3. The van der Waals surface area contributed by atoms with Gasteiger partial charge in [-0.1, -0.05) is 6.07 Å². The number of aryl methyl sites for hydroxylation is 1. The second kappa shape index (κ2) is 5.87. The van der Waals surface area contributed by atoms with Crippen LogP contribution < -0.4 is 5.32 Å². The Morgan fingerprint density at radius 3 is 3.12 bits per heavy atom. The Bertz CT molecular complexity index is 765. The molecule has 6 nitrogen and oxygen atoms in total. The highest BCUT2D eigenvalue weighted by atomic mass is 16.3. The van der Waals surface area contributed by atoms with Gasteiger partial charge in [-0.2, -0.15) is 0 Å². The molecule has 2 heterocycles. The highest BCUT2D eigenvalue weighted by Gasteiger charge is 2.36. The Morgan fingerprint density at radius 2 is 2.29 bits per heavy atom. The third-order valence-corrected chi connectivity index (χ3v) is 4.70. The van der Waals surface area contributed by atoms with Gasteiger partial charge in [0.25, 0.3) is 0 Å². The largest absolute Gasteiger partial charge is 0.393 e. The zero-order valence-electron chi connectivity index (χ0n) is 13.6. The maximum atomic E-state index is 9.80. The van der Waals surface area contributed by atoms with Crippen molar-refractivity contribution in [2.24, 2.45) is 9.98 Å². The molecule has 3 atom stereocenters. The van der Waals surface area contributed by atoms with Crippen molar-refractivity contribution in [1.29, 1.82) is 5.41 Å². The molecule has 1 aromatic carbocycles. The average molecular weight is 323 g/mol. The van der Waals surface area contributed by atoms with Crippen LogP contribution in [0.4, 0.5) is 5.69 Å². The van der Waals surface area contributed by atoms with E-state index in [2.05, 4.69) is 21.3 Å². The summed E-state index contributed by atoms with van der Waals surface area (Å²) in [5.74, 6) is 0.823. The van der Waals surface area contributed by atoms with Crippen molar-refractivity contribution in [3.05, 3.63) is 41.7 Å². The SMILES string of the molecule is CC(O)CC1N=C2C=NC=CN2C1Nc1ccc2c(c1)CCC2=N. The van der Waals surface area contributed by atoms with Crippen LogP contribution in [0.15, 0.2) is 40.6 Å². The van der Waals surface area contributed by atoms with Crippen LogP contribution in [0.3, 0.4) is 0 Å². The van der Waals surface area contributed by atoms with Crippen LogP contribution in [0, 0.1) is 5.41 Å². The van der Waals surface area contributed by atoms with Crippen molar-refractivity contribution < 1.29 is 5.11 Å². The first-order valence-electron chi connectivity index (χ1n) is 8.33. The third-order valence-electron chi connectivity index (χ3n) is 4.70. The molecule has 1 aliphatic carbocycles. The number of benzene rings is 1. The predicted octanol–water partition coefficient (Wildman–Crippen LogP) is 2.15. The second-order valence-corrected chi connectivity index (χ2v) is 6.56. The van der Waals surface area contributed by atoms with Gasteiger partial charge in [0.05, 0.1) is 18.4 Å². The number of amidine groups is 1. The number of aliphatic imine (C=N–C) groups is 2. The first-order valence-corrected chi connectivity index (χ1v) is 8.33. The smallest absolute Gasteiger partial charge is 0.148 e. The van der Waals surface area contributed by atoms with Crippen LogP contribution >= 0.6 is 0 Å². The van der Waals surface area contributed by atoms with Crippen LogP contribution in [0.5, 0.6) is 0 Å². The summed E-state index contributed by atoms with van der Waals surface area (Å²) < 4.78 is 0. The summed E-state index contributed by atoms with van der Waals surface area (Å²) in [6.45, 7) is 1.79. The van der Waals surface area contributed by atoms with E-state index >= 15 is 0 Å². The molecule has 4 rings (SSSR count). The van der Waals surface area contributed by atoms with Gasteiger partial charge in [0.1, 0.15) is 12.0 Å². The number of anilines is 1. The summed E-state index contributed by atoms with van der Waals surface area (Å²) >= 11 is 0. The van der Waals surface area contributed by atoms with Crippen molar-refractivity contribution in [2.75, 3.05) is 5.32 Å². The lowest BCUT2D eigenvalue weighted by atomic mass is 10.1. The van der Waals surface area contributed by atoms with Gasteiger partial charge in [0.15, 0.2) is 0 Å². The molecular weight excluding hydrogens is 302 g/mol. The van der Waals surface area contributed by atoms with E-state index in [-0.39, 0.29) is 12.2 Å². The zero-order valence-corrected chi connectivity index (χ0v) is 13.6. The monoisotopic (exact) mass is 323 g/mol. The highest BCUT2D eigenvalue weighted by molar-refractivity contribution is 6.31. The summed E-state index contributed by atoms with van der Waals surface area (Å²) in [5.41, 5.74) is 4.04. The van der Waals surface area contributed by atoms with Crippen molar-refractivity contribution in [3.8, 4) is 0 Å². The summed E-state index contributed by atoms with van der Waals surface area (Å²) in [5, 5.41) is 21.3. The molecule has 0 aromatic heterocycles. The van der Waals surface area contributed by atoms with Gasteiger partial charge in [0, 0.05) is 23.8 Å². The average Bonchev–Trinajstić information content (AvgIpc) is 3.09. The topological polar surface area (TPSA) is 84.1 Å². The second-order valence-electron chi connectivity index (χ2n) is 6.56. The van der Waals surface area contributed by atoms with Crippen molar-refractivity contribution >= 4 is 23.4 Å². The fraction of sp³-hybridized carbons (Fsp3) is 0.389. The van der Waals surface area contributed by atoms with Gasteiger partial charge in [-0.15, -0.1) is 0 Å². The number of aliphatic hydroxyl groups excluding tert-OH is 1. The van der Waals surface area contributed by atoms with Gasteiger partial charge in [-0.05, 0) is 49.4 Å². The van der Waals surface area contributed by atoms with E-state index in [1.165, 1.54) is 5.56 Å². The van der Waals surface area contributed by atoms with Crippen LogP contribution in [-0.2, 0) is 6.42 Å². The molecule has 2 aliphatic heterocycles. The standard InChI is InChI=1S/C18H21N5O/c1-11(24)8-16-18(23-7-6-20-10-17(23)22-16)21-13-3-4-14-12(9-13)2-5-15(14)19/h3-4,6-7,9-11,16,18-19,21,24H,2,5,8H2,1H3. The van der Waals surface area contributed by atoms with Crippen LogP contribution in [0.25, 0.3) is 0 Å². The molecular formula is C18H21N5O. The quantitative estimate of drug-likeness (QED) is 0.794. The predicted molar refractivity (Wildman–Crippen MR) is 96.0 cm³/mol. The molecule has 1 aromatic rings. The first-order chi connectivity index (χ1) is 11.6. The van der Waals surface area contributed by atoms with Crippen molar-refractivity contribution in [2.45, 2.75) is 44.5 Å². The summed E-state index contributed by atoms with van der Waals surface area (Å²) in [6.07, 6.45) is 7.32. The third kappa shape index (κ3) is 2.63. The van der Waals surface area contributed by atoms with E-state index < -0.39 is 6.10 Å². The molecule has 124 valence electrons. The minimum Gasteiger partial charge on any atom is -0.393 e. The number of fused-ring (bicyclic) bond motifs is 2. The van der Waals surface area contributed by atoms with Gasteiger partial charge >= 0.3 is 0 Å². The minimum atomic E-state index is -0.411. The molecule has 0 saturated heterocycles. The summed E-state index contributed by atoms with van der Waals surface area (Å²) in [7, 11) is 0. The number of nitrogens with one attached hydrogen (secondary N) is 2. The number of hydrogen-bond acceptors (Lipinski definition) is 6. The van der Waals surface area contributed by atoms with Gasteiger partial charge < -0.3 is 20.7 Å². The molecule has 3 N–H and O–H groups in total. The van der Waals surface area contributed by atoms with E-state index in [1.807, 2.05) is 18.3 Å². The van der Waals surface area contributed by atoms with Gasteiger partial charge in [0.2, 0.25) is 0 Å². The molecule has 24 heavy (non-hydrogen) atoms. The van der Waals surface area contributed by atoms with E-state index in [1.54, 1.807) is 19.3 Å². The molecule has 6 heteroatoms. The number of hydrogen-bond donors (Lipinski definition) is 3. The normalized spacial score (nSPS) is 25.5. The summed E-state index contributed by atoms with van der Waals surface area (Å²) in [6, 6.07) is 6.15. The molecule has 3 unspecified atom stereocenters. The summed E-state index contributed by atoms with van der Waals surface area (Å²) in [4.78, 5) is 10.9. The fourth-order valence-corrected chi connectivity index (χ4v) is 3.57. The Hall–Kier alpha value is -2.47. The lowest BCUT2D eigenvalue weighted by Crippen LogP contribution is -2.43. The number of rotatable bonds is 4. The van der Waals surface area contributed by atoms with E-state index in [4.69, 9.17) is 10.4 Å². The van der Waals surface area contributed by atoms with Crippen molar-refractivity contribution in [3.63, 3.8) is 0 Å². The molecule has 0 bridgehead atoms. The minimum absolute atomic E-state index is 0.0410. The van der Waals surface area contributed by atoms with Crippen LogP contribution in [0.2, 0.25) is 0 Å². The zero-order chi connectivity index (χ0) is 16.7. The highest BCUT2D eigenvalue weighted by Crippen LogP contribution is 2.28. The Kier molecular flexibility index (Phi) is 3.69. The fourth-order valence-electron chi connectivity index (χ4n) is 3.57. The Morgan fingerprint density at radius 1 is 1.42 bits per heavy atom. The van der Waals surface area contributed by atoms with Gasteiger partial charge in [-0.25, -0.2) is 0 Å². The molecule has 0 spiro atoms. The van der Waals surface area contributed by atoms with Crippen LogP contribution in [-0.4, -0.2) is 46.1 Å². The molecule has 3 aliphatic rings. The van der Waals surface area contributed by atoms with Crippen molar-refractivity contribution in [1.82, 2.24) is 4.90 Å². The molecule has 0 radical (unpaired) electrons. The number of aliphatic hydroxyl groups is 1. The van der Waals surface area contributed by atoms with Gasteiger partial charge in [-0.3, -0.25) is 9.98 Å². The van der Waals surface area contributed by atoms with Crippen LogP contribution in [0.1, 0.15) is 30.9 Å². The molecule has 0 fully saturated rings. The lowest BCUT2D eigenvalue weighted by Gasteiger charge is -2.29. The molecule has 0 saturated carbocycles. The molecule has 0 amide bonds. The van der Waals surface area contributed by atoms with E-state index in [9.17, 15) is 5.11 Å². The maximum absolute atomic E-state index is 9.80. The Balaban J connectivity index is 1.59. The maximum Gasteiger partial charge on any atom is 0.148 e. The van der Waals surface area contributed by atoms with E-state index in [0.717, 1.165) is 35.6 Å². The lowest BCUT2D eigenvalue weighted by molar-refractivity contribution is 0.168. The Labute approximate surface area is 141 Å².